The van der Waals surface area contributed by atoms with Gasteiger partial charge in [-0.3, -0.25) is 18.4 Å². The molecule has 0 bridgehead atoms. The first-order valence-electron chi connectivity index (χ1n) is 11.2. The molecular weight excluding hydrogens is 478 g/mol. The fourth-order valence-electron chi connectivity index (χ4n) is 4.83. The second-order valence-corrected chi connectivity index (χ2v) is 10.6. The third-order valence-electron chi connectivity index (χ3n) is 6.72. The van der Waals surface area contributed by atoms with Crippen molar-refractivity contribution in [1.29, 1.82) is 0 Å². The lowest BCUT2D eigenvalue weighted by Gasteiger charge is -2.12. The van der Waals surface area contributed by atoms with Gasteiger partial charge in [0.15, 0.2) is 0 Å². The molecule has 10 nitrogen and oxygen atoms in total. The van der Waals surface area contributed by atoms with Crippen molar-refractivity contribution < 1.29 is 8.42 Å². The van der Waals surface area contributed by atoms with Gasteiger partial charge in [0.2, 0.25) is 10.0 Å². The zero-order valence-corrected chi connectivity index (χ0v) is 20.9. The van der Waals surface area contributed by atoms with Crippen molar-refractivity contribution in [1.82, 2.24) is 33.2 Å². The minimum atomic E-state index is -3.67. The summed E-state index contributed by atoms with van der Waals surface area (Å²) in [5, 5.41) is 5.38. The number of rotatable bonds is 4. The van der Waals surface area contributed by atoms with Crippen molar-refractivity contribution >= 4 is 43.0 Å². The Labute approximate surface area is 206 Å². The van der Waals surface area contributed by atoms with Crippen LogP contribution in [0.15, 0.2) is 70.5 Å². The van der Waals surface area contributed by atoms with Crippen LogP contribution in [0.1, 0.15) is 0 Å². The minimum Gasteiger partial charge on any atom is -0.295 e. The Balaban J connectivity index is 1.75. The van der Waals surface area contributed by atoms with Crippen molar-refractivity contribution in [2.75, 3.05) is 7.05 Å². The summed E-state index contributed by atoms with van der Waals surface area (Å²) in [5.74, 6) is 0.637. The lowest BCUT2D eigenvalue weighted by atomic mass is 10.1. The minimum absolute atomic E-state index is 0.125. The van der Waals surface area contributed by atoms with Gasteiger partial charge in [0.05, 0.1) is 38.7 Å². The first-order valence-corrected chi connectivity index (χ1v) is 12.7. The molecule has 1 N–H and O–H groups in total. The molecule has 3 aromatic heterocycles. The number of para-hydroxylation sites is 1. The third-order valence-corrected chi connectivity index (χ3v) is 8.13. The van der Waals surface area contributed by atoms with E-state index in [9.17, 15) is 13.2 Å². The Kier molecular flexibility index (Phi) is 4.72. The molecule has 0 atom stereocenters. The number of nitrogens with one attached hydrogen (secondary N) is 1. The summed E-state index contributed by atoms with van der Waals surface area (Å²) < 4.78 is 34.5. The van der Waals surface area contributed by atoms with Crippen LogP contribution < -0.4 is 10.4 Å². The van der Waals surface area contributed by atoms with Gasteiger partial charge in [-0.2, -0.15) is 5.10 Å². The fourth-order valence-corrected chi connectivity index (χ4v) is 5.58. The van der Waals surface area contributed by atoms with Gasteiger partial charge in [-0.15, -0.1) is 0 Å². The number of aromatic nitrogens is 6. The van der Waals surface area contributed by atoms with Crippen LogP contribution in [0.25, 0.3) is 50.0 Å². The molecule has 0 spiro atoms. The lowest BCUT2D eigenvalue weighted by molar-refractivity contribution is 0.588. The number of sulfonamides is 1. The van der Waals surface area contributed by atoms with Crippen molar-refractivity contribution in [2.45, 2.75) is 4.90 Å². The van der Waals surface area contributed by atoms with E-state index in [0.29, 0.717) is 16.9 Å². The highest BCUT2D eigenvalue weighted by Crippen LogP contribution is 2.34. The Morgan fingerprint density at radius 2 is 1.67 bits per heavy atom. The highest BCUT2D eigenvalue weighted by atomic mass is 32.2. The van der Waals surface area contributed by atoms with Gasteiger partial charge in [-0.05, 0) is 49.5 Å². The number of aryl methyl sites for hydroxylation is 3. The molecule has 6 rings (SSSR count). The topological polar surface area (TPSA) is 109 Å². The van der Waals surface area contributed by atoms with E-state index in [1.54, 1.807) is 52.3 Å². The van der Waals surface area contributed by atoms with Gasteiger partial charge in [-0.1, -0.05) is 12.1 Å². The van der Waals surface area contributed by atoms with Crippen molar-refractivity contribution in [2.24, 2.45) is 21.1 Å². The maximum atomic E-state index is 12.6. The largest absolute Gasteiger partial charge is 0.328 e. The molecule has 3 aromatic carbocycles. The van der Waals surface area contributed by atoms with E-state index >= 15 is 0 Å². The number of fused-ring (bicyclic) bond motifs is 3. The first-order chi connectivity index (χ1) is 17.2. The molecule has 11 heteroatoms. The van der Waals surface area contributed by atoms with E-state index in [0.717, 1.165) is 33.2 Å². The van der Waals surface area contributed by atoms with Gasteiger partial charge in [-0.25, -0.2) is 22.9 Å². The number of benzene rings is 3. The first kappa shape index (κ1) is 22.3. The highest BCUT2D eigenvalue weighted by Gasteiger charge is 2.21. The van der Waals surface area contributed by atoms with Crippen LogP contribution in [-0.2, 0) is 31.2 Å². The molecule has 182 valence electrons. The van der Waals surface area contributed by atoms with Crippen LogP contribution >= 0.6 is 0 Å². The van der Waals surface area contributed by atoms with Crippen LogP contribution in [0.4, 0.5) is 0 Å². The Hall–Kier alpha value is -4.22. The average molecular weight is 502 g/mol. The molecule has 0 amide bonds. The fraction of sp³-hybridized carbons (Fsp3) is 0.160. The Bertz CT molecular complexity index is 2010. The zero-order chi connectivity index (χ0) is 25.4. The molecule has 0 aliphatic heterocycles. The van der Waals surface area contributed by atoms with E-state index in [4.69, 9.17) is 4.98 Å². The SMILES string of the molecule is CNS(=O)(=O)c1ccc2nc(-c3cccc4cnn(C)c34)n(-c3ccc4c(c3)n(C)c(=O)n4C)c2c1. The van der Waals surface area contributed by atoms with E-state index in [2.05, 4.69) is 9.82 Å². The molecule has 3 heterocycles. The maximum Gasteiger partial charge on any atom is 0.328 e. The molecule has 36 heavy (non-hydrogen) atoms. The molecule has 0 radical (unpaired) electrons. The van der Waals surface area contributed by atoms with Crippen LogP contribution in [0.2, 0.25) is 0 Å². The number of hydrogen-bond donors (Lipinski definition) is 1. The molecule has 0 unspecified atom stereocenters. The van der Waals surface area contributed by atoms with Crippen molar-refractivity contribution in [3.63, 3.8) is 0 Å². The molecule has 0 fully saturated rings. The monoisotopic (exact) mass is 501 g/mol. The predicted molar refractivity (Wildman–Crippen MR) is 139 cm³/mol. The maximum absolute atomic E-state index is 12.6. The average Bonchev–Trinajstić information content (AvgIpc) is 3.52. The lowest BCUT2D eigenvalue weighted by Crippen LogP contribution is -2.19. The van der Waals surface area contributed by atoms with Gasteiger partial charge in [0.1, 0.15) is 5.82 Å². The summed E-state index contributed by atoms with van der Waals surface area (Å²) in [4.78, 5) is 17.6. The highest BCUT2D eigenvalue weighted by molar-refractivity contribution is 7.89. The summed E-state index contributed by atoms with van der Waals surface area (Å²) in [6, 6.07) is 16.5. The van der Waals surface area contributed by atoms with Crippen LogP contribution in [0.5, 0.6) is 0 Å². The second-order valence-electron chi connectivity index (χ2n) is 8.71. The standard InChI is InChI=1S/C25H23N7O3S/c1-26-36(34,35)17-9-10-19-21(13-17)32(16-8-11-20-22(12-16)30(3)25(33)29(20)2)24(28-19)18-7-5-6-15-14-27-31(4)23(15)18/h5-14,26H,1-4H3. The van der Waals surface area contributed by atoms with Crippen LogP contribution in [-0.4, -0.2) is 43.9 Å². The third kappa shape index (κ3) is 3.06. The number of hydrogen-bond acceptors (Lipinski definition) is 5. The number of nitrogens with zero attached hydrogens (tertiary/aromatic N) is 6. The zero-order valence-electron chi connectivity index (χ0n) is 20.1. The quantitative estimate of drug-likeness (QED) is 0.400. The predicted octanol–water partition coefficient (Wildman–Crippen LogP) is 2.68. The summed E-state index contributed by atoms with van der Waals surface area (Å²) in [5.41, 5.74) is 5.20. The van der Waals surface area contributed by atoms with E-state index < -0.39 is 10.0 Å². The van der Waals surface area contributed by atoms with Gasteiger partial charge in [0.25, 0.3) is 0 Å². The molecule has 0 saturated heterocycles. The van der Waals surface area contributed by atoms with Gasteiger partial charge >= 0.3 is 5.69 Å². The van der Waals surface area contributed by atoms with Crippen molar-refractivity contribution in [3.05, 3.63) is 71.3 Å². The van der Waals surface area contributed by atoms with Crippen LogP contribution in [0.3, 0.4) is 0 Å². The van der Waals surface area contributed by atoms with E-state index in [1.807, 2.05) is 48.0 Å². The Morgan fingerprint density at radius 3 is 2.44 bits per heavy atom. The molecule has 0 saturated carbocycles. The Morgan fingerprint density at radius 1 is 0.889 bits per heavy atom. The smallest absolute Gasteiger partial charge is 0.295 e. The summed E-state index contributed by atoms with van der Waals surface area (Å²) in [6.07, 6.45) is 1.80. The molecular formula is C25H23N7O3S. The summed E-state index contributed by atoms with van der Waals surface area (Å²) in [6.45, 7) is 0. The van der Waals surface area contributed by atoms with E-state index in [1.165, 1.54) is 7.05 Å². The molecule has 6 aromatic rings. The summed E-state index contributed by atoms with van der Waals surface area (Å²) >= 11 is 0. The number of imidazole rings is 2. The summed E-state index contributed by atoms with van der Waals surface area (Å²) in [7, 11) is 3.06. The van der Waals surface area contributed by atoms with E-state index in [-0.39, 0.29) is 10.6 Å². The van der Waals surface area contributed by atoms with Gasteiger partial charge < -0.3 is 0 Å². The van der Waals surface area contributed by atoms with Gasteiger partial charge in [0, 0.05) is 37.8 Å². The second kappa shape index (κ2) is 7.64. The van der Waals surface area contributed by atoms with Crippen LogP contribution in [0, 0.1) is 0 Å². The molecule has 0 aliphatic carbocycles. The molecule has 0 aliphatic rings. The van der Waals surface area contributed by atoms with Crippen molar-refractivity contribution in [3.8, 4) is 17.1 Å². The normalized spacial score (nSPS) is 12.3.